The molecular weight excluding hydrogens is 510 g/mol. The average Bonchev–Trinajstić information content (AvgIpc) is 2.96. The maximum absolute atomic E-state index is 4.27. The van der Waals surface area contributed by atoms with Crippen molar-refractivity contribution in [2.75, 3.05) is 17.3 Å². The van der Waals surface area contributed by atoms with E-state index in [1.165, 1.54) is 33.4 Å². The minimum atomic E-state index is 0.831. The molecule has 1 aromatic carbocycles. The standard InChI is InChI=1S/C39H49N3/c1-28(16-18-30(3)32(5)20-22-36(9)41-38-15-13-12-14-34(38)7)26-29(2)17-19-31(4)33(6)21-23-37(10)42(11)39-27-40-25-24-35(39)8/h12-25,27,41H,5,9,26H2,1-4,6-8,10-11H3/b22-20-,28-16+,29-17+,30-18+,31-19+,33-21+,37-23+. The predicted molar refractivity (Wildman–Crippen MR) is 187 cm³/mol. The van der Waals surface area contributed by atoms with Crippen molar-refractivity contribution in [1.29, 1.82) is 0 Å². The highest BCUT2D eigenvalue weighted by Crippen LogP contribution is 2.21. The van der Waals surface area contributed by atoms with Crippen LogP contribution in [0.2, 0.25) is 0 Å². The van der Waals surface area contributed by atoms with Gasteiger partial charge in [-0.05, 0) is 120 Å². The normalized spacial score (nSPS) is 13.9. The lowest BCUT2D eigenvalue weighted by Gasteiger charge is -2.21. The molecule has 0 saturated carbocycles. The van der Waals surface area contributed by atoms with Gasteiger partial charge in [0.15, 0.2) is 0 Å². The molecule has 0 aliphatic heterocycles. The van der Waals surface area contributed by atoms with Crippen molar-refractivity contribution >= 4 is 11.4 Å². The maximum Gasteiger partial charge on any atom is 0.0621 e. The molecule has 2 rings (SSSR count). The van der Waals surface area contributed by atoms with E-state index in [1.54, 1.807) is 0 Å². The zero-order valence-corrected chi connectivity index (χ0v) is 27.2. The van der Waals surface area contributed by atoms with E-state index in [0.717, 1.165) is 40.3 Å². The van der Waals surface area contributed by atoms with Crippen LogP contribution >= 0.6 is 0 Å². The Morgan fingerprint density at radius 1 is 0.762 bits per heavy atom. The number of benzene rings is 1. The smallest absolute Gasteiger partial charge is 0.0621 e. The summed E-state index contributed by atoms with van der Waals surface area (Å²) in [6.07, 6.45) is 21.7. The zero-order valence-electron chi connectivity index (χ0n) is 27.2. The predicted octanol–water partition coefficient (Wildman–Crippen LogP) is 10.9. The summed E-state index contributed by atoms with van der Waals surface area (Å²) in [5.74, 6) is 0. The second kappa shape index (κ2) is 16.8. The van der Waals surface area contributed by atoms with Gasteiger partial charge in [0, 0.05) is 30.3 Å². The SMILES string of the molecule is C=C(/C=C\C(=C)/C(C)=C/C=C(\C)C/C(C)=C/C=C(C)/C(C)=C/C=C(\C)N(C)c1cnccc1C)Nc1ccccc1C. The maximum atomic E-state index is 4.27. The molecule has 1 heterocycles. The van der Waals surface area contributed by atoms with Crippen molar-refractivity contribution in [2.45, 2.75) is 61.8 Å². The van der Waals surface area contributed by atoms with E-state index in [9.17, 15) is 0 Å². The van der Waals surface area contributed by atoms with E-state index in [2.05, 4.69) is 139 Å². The molecule has 0 radical (unpaired) electrons. The summed E-state index contributed by atoms with van der Waals surface area (Å²) in [7, 11) is 2.08. The van der Waals surface area contributed by atoms with Crippen LogP contribution in [0.5, 0.6) is 0 Å². The molecule has 1 aromatic heterocycles. The van der Waals surface area contributed by atoms with Crippen molar-refractivity contribution in [3.8, 4) is 0 Å². The third-order valence-corrected chi connectivity index (χ3v) is 7.32. The van der Waals surface area contributed by atoms with Gasteiger partial charge >= 0.3 is 0 Å². The van der Waals surface area contributed by atoms with Gasteiger partial charge in [0.2, 0.25) is 0 Å². The minimum absolute atomic E-state index is 0.831. The fourth-order valence-electron chi connectivity index (χ4n) is 4.08. The third-order valence-electron chi connectivity index (χ3n) is 7.32. The Labute approximate surface area is 255 Å². The molecule has 0 aliphatic rings. The van der Waals surface area contributed by atoms with E-state index in [4.69, 9.17) is 0 Å². The molecule has 1 N–H and O–H groups in total. The first kappa shape index (κ1) is 33.8. The van der Waals surface area contributed by atoms with E-state index < -0.39 is 0 Å². The molecule has 3 heteroatoms. The van der Waals surface area contributed by atoms with Crippen molar-refractivity contribution in [2.24, 2.45) is 0 Å². The van der Waals surface area contributed by atoms with Crippen LogP contribution in [-0.4, -0.2) is 12.0 Å². The topological polar surface area (TPSA) is 28.2 Å². The summed E-state index contributed by atoms with van der Waals surface area (Å²) in [6, 6.07) is 10.2. The fraction of sp³-hybridized carbons (Fsp3) is 0.256. The second-order valence-electron chi connectivity index (χ2n) is 11.1. The van der Waals surface area contributed by atoms with Gasteiger partial charge in [0.05, 0.1) is 11.9 Å². The van der Waals surface area contributed by atoms with E-state index in [1.807, 2.05) is 42.7 Å². The first-order chi connectivity index (χ1) is 19.9. The molecular formula is C39H49N3. The average molecular weight is 560 g/mol. The molecule has 42 heavy (non-hydrogen) atoms. The van der Waals surface area contributed by atoms with Gasteiger partial charge in [-0.3, -0.25) is 4.98 Å². The Bertz CT molecular complexity index is 1480. The Morgan fingerprint density at radius 3 is 1.98 bits per heavy atom. The highest BCUT2D eigenvalue weighted by Gasteiger charge is 2.05. The summed E-state index contributed by atoms with van der Waals surface area (Å²) in [4.78, 5) is 6.44. The lowest BCUT2D eigenvalue weighted by molar-refractivity contribution is 1.06. The van der Waals surface area contributed by atoms with E-state index in [0.29, 0.717) is 0 Å². The summed E-state index contributed by atoms with van der Waals surface area (Å²) < 4.78 is 0. The Hall–Kier alpha value is -4.37. The lowest BCUT2D eigenvalue weighted by Crippen LogP contribution is -2.15. The van der Waals surface area contributed by atoms with E-state index >= 15 is 0 Å². The van der Waals surface area contributed by atoms with Gasteiger partial charge in [0.25, 0.3) is 0 Å². The molecule has 0 fully saturated rings. The van der Waals surface area contributed by atoms with Gasteiger partial charge in [0.1, 0.15) is 0 Å². The molecule has 2 aromatic rings. The van der Waals surface area contributed by atoms with Gasteiger partial charge in [-0.25, -0.2) is 0 Å². The van der Waals surface area contributed by atoms with Crippen molar-refractivity contribution < 1.29 is 0 Å². The molecule has 0 spiro atoms. The number of rotatable bonds is 13. The number of pyridine rings is 1. The van der Waals surface area contributed by atoms with Crippen LogP contribution in [0.4, 0.5) is 11.4 Å². The van der Waals surface area contributed by atoms with Crippen LogP contribution in [0.3, 0.4) is 0 Å². The number of aromatic nitrogens is 1. The molecule has 0 bridgehead atoms. The van der Waals surface area contributed by atoms with Crippen LogP contribution in [0, 0.1) is 13.8 Å². The quantitative estimate of drug-likeness (QED) is 0.247. The number of allylic oxidation sites excluding steroid dienone is 15. The van der Waals surface area contributed by atoms with Crippen LogP contribution < -0.4 is 10.2 Å². The van der Waals surface area contributed by atoms with Crippen LogP contribution in [0.1, 0.15) is 59.1 Å². The molecule has 3 nitrogen and oxygen atoms in total. The van der Waals surface area contributed by atoms with Gasteiger partial charge in [-0.1, -0.05) is 79.0 Å². The minimum Gasteiger partial charge on any atom is -0.356 e. The number of hydrogen-bond donors (Lipinski definition) is 1. The number of aryl methyl sites for hydroxylation is 2. The van der Waals surface area contributed by atoms with Crippen LogP contribution in [0.15, 0.2) is 149 Å². The molecule has 0 unspecified atom stereocenters. The summed E-state index contributed by atoms with van der Waals surface area (Å²) in [5, 5.41) is 3.35. The molecule has 0 amide bonds. The lowest BCUT2D eigenvalue weighted by atomic mass is 10.0. The highest BCUT2D eigenvalue weighted by molar-refractivity contribution is 5.57. The number of anilines is 2. The molecule has 0 aliphatic carbocycles. The van der Waals surface area contributed by atoms with Crippen LogP contribution in [0.25, 0.3) is 0 Å². The summed E-state index contributed by atoms with van der Waals surface area (Å²) in [6.45, 7) is 25.4. The van der Waals surface area contributed by atoms with Gasteiger partial charge in [-0.2, -0.15) is 0 Å². The number of para-hydroxylation sites is 1. The Balaban J connectivity index is 1.96. The highest BCUT2D eigenvalue weighted by atomic mass is 15.1. The van der Waals surface area contributed by atoms with Crippen molar-refractivity contribution in [3.63, 3.8) is 0 Å². The summed E-state index contributed by atoms with van der Waals surface area (Å²) in [5.41, 5.74) is 13.8. The number of nitrogens with one attached hydrogen (secondary N) is 1. The Kier molecular flexibility index (Phi) is 13.5. The van der Waals surface area contributed by atoms with Gasteiger partial charge in [-0.15, -0.1) is 0 Å². The number of nitrogens with zero attached hydrogens (tertiary/aromatic N) is 2. The first-order valence-electron chi connectivity index (χ1n) is 14.5. The van der Waals surface area contributed by atoms with Crippen molar-refractivity contribution in [1.82, 2.24) is 4.98 Å². The first-order valence-corrected chi connectivity index (χ1v) is 14.5. The molecule has 0 saturated heterocycles. The summed E-state index contributed by atoms with van der Waals surface area (Å²) >= 11 is 0. The fourth-order valence-corrected chi connectivity index (χ4v) is 4.08. The zero-order chi connectivity index (χ0) is 31.2. The van der Waals surface area contributed by atoms with Crippen molar-refractivity contribution in [3.05, 3.63) is 160 Å². The Morgan fingerprint density at radius 2 is 1.36 bits per heavy atom. The second-order valence-corrected chi connectivity index (χ2v) is 11.1. The molecule has 0 atom stereocenters. The van der Waals surface area contributed by atoms with Gasteiger partial charge < -0.3 is 10.2 Å². The molecule has 220 valence electrons. The van der Waals surface area contributed by atoms with E-state index in [-0.39, 0.29) is 0 Å². The van der Waals surface area contributed by atoms with Crippen LogP contribution in [-0.2, 0) is 0 Å². The third kappa shape index (κ3) is 11.2. The largest absolute Gasteiger partial charge is 0.356 e. The number of hydrogen-bond acceptors (Lipinski definition) is 3. The monoisotopic (exact) mass is 559 g/mol.